The highest BCUT2D eigenvalue weighted by molar-refractivity contribution is 7.91. The molecule has 2 aliphatic heterocycles. The van der Waals surface area contributed by atoms with E-state index in [1.165, 1.54) is 17.3 Å². The maximum absolute atomic E-state index is 12.5. The van der Waals surface area contributed by atoms with Gasteiger partial charge in [-0.3, -0.25) is 4.79 Å². The Balaban J connectivity index is 1.65. The Morgan fingerprint density at radius 3 is 2.38 bits per heavy atom. The Kier molecular flexibility index (Phi) is 4.73. The van der Waals surface area contributed by atoms with Crippen molar-refractivity contribution in [1.82, 2.24) is 19.8 Å². The third kappa shape index (κ3) is 3.67. The Morgan fingerprint density at radius 2 is 1.83 bits per heavy atom. The molecule has 9 heteroatoms. The fourth-order valence-electron chi connectivity index (χ4n) is 3.05. The van der Waals surface area contributed by atoms with Gasteiger partial charge in [-0.1, -0.05) is 0 Å². The van der Waals surface area contributed by atoms with Crippen LogP contribution in [0.4, 0.5) is 5.95 Å². The third-order valence-corrected chi connectivity index (χ3v) is 6.50. The SMILES string of the molecule is CN1CCN(c2ncc(C(=O)N(C)C3CCS(=O)(=O)C3)cn2)CC1. The first kappa shape index (κ1) is 17.1. The lowest BCUT2D eigenvalue weighted by Gasteiger charge is -2.32. The summed E-state index contributed by atoms with van der Waals surface area (Å²) in [5.41, 5.74) is 0.389. The van der Waals surface area contributed by atoms with Crippen LogP contribution >= 0.6 is 0 Å². The number of amides is 1. The molecule has 24 heavy (non-hydrogen) atoms. The van der Waals surface area contributed by atoms with E-state index in [2.05, 4.69) is 26.8 Å². The van der Waals surface area contributed by atoms with Crippen molar-refractivity contribution in [3.05, 3.63) is 18.0 Å². The van der Waals surface area contributed by atoms with Gasteiger partial charge in [-0.05, 0) is 13.5 Å². The Bertz CT molecular complexity index is 698. The normalized spacial score (nSPS) is 24.1. The molecule has 0 N–H and O–H groups in total. The van der Waals surface area contributed by atoms with Crippen LogP contribution in [0.5, 0.6) is 0 Å². The number of nitrogens with zero attached hydrogens (tertiary/aromatic N) is 5. The fraction of sp³-hybridized carbons (Fsp3) is 0.667. The maximum Gasteiger partial charge on any atom is 0.257 e. The minimum absolute atomic E-state index is 0.0372. The lowest BCUT2D eigenvalue weighted by atomic mass is 10.2. The second-order valence-corrected chi connectivity index (χ2v) is 8.76. The van der Waals surface area contributed by atoms with Gasteiger partial charge in [0.2, 0.25) is 5.95 Å². The predicted molar refractivity (Wildman–Crippen MR) is 90.9 cm³/mol. The number of likely N-dealkylation sites (N-methyl/N-ethyl adjacent to an activating group) is 1. The summed E-state index contributed by atoms with van der Waals surface area (Å²) in [6, 6.07) is -0.264. The van der Waals surface area contributed by atoms with Crippen molar-refractivity contribution in [3.8, 4) is 0 Å². The molecule has 1 amide bonds. The number of rotatable bonds is 3. The highest BCUT2D eigenvalue weighted by atomic mass is 32.2. The molecule has 0 bridgehead atoms. The summed E-state index contributed by atoms with van der Waals surface area (Å²) < 4.78 is 23.2. The summed E-state index contributed by atoms with van der Waals surface area (Å²) >= 11 is 0. The van der Waals surface area contributed by atoms with Crippen molar-refractivity contribution < 1.29 is 13.2 Å². The van der Waals surface area contributed by atoms with Gasteiger partial charge in [-0.2, -0.15) is 0 Å². The van der Waals surface area contributed by atoms with Gasteiger partial charge in [0, 0.05) is 51.7 Å². The van der Waals surface area contributed by atoms with E-state index in [4.69, 9.17) is 0 Å². The van der Waals surface area contributed by atoms with Crippen LogP contribution in [0.25, 0.3) is 0 Å². The van der Waals surface area contributed by atoms with E-state index in [0.717, 1.165) is 26.2 Å². The minimum Gasteiger partial charge on any atom is -0.338 e. The zero-order valence-electron chi connectivity index (χ0n) is 14.1. The Hall–Kier alpha value is -1.74. The fourth-order valence-corrected chi connectivity index (χ4v) is 4.83. The molecule has 0 aromatic carbocycles. The summed E-state index contributed by atoms with van der Waals surface area (Å²) in [5.74, 6) is 0.580. The zero-order valence-corrected chi connectivity index (χ0v) is 14.9. The average molecular weight is 353 g/mol. The molecule has 8 nitrogen and oxygen atoms in total. The van der Waals surface area contributed by atoms with Gasteiger partial charge < -0.3 is 14.7 Å². The van der Waals surface area contributed by atoms with Gasteiger partial charge >= 0.3 is 0 Å². The third-order valence-electron chi connectivity index (χ3n) is 4.75. The second-order valence-electron chi connectivity index (χ2n) is 6.53. The zero-order chi connectivity index (χ0) is 17.3. The van der Waals surface area contributed by atoms with Crippen LogP contribution in [0.1, 0.15) is 16.8 Å². The summed E-state index contributed by atoms with van der Waals surface area (Å²) in [5, 5.41) is 0. The van der Waals surface area contributed by atoms with Crippen molar-refractivity contribution in [2.45, 2.75) is 12.5 Å². The van der Waals surface area contributed by atoms with Crippen LogP contribution in [-0.2, 0) is 9.84 Å². The number of anilines is 1. The highest BCUT2D eigenvalue weighted by Crippen LogP contribution is 2.18. The number of hydrogen-bond donors (Lipinski definition) is 0. The summed E-state index contributed by atoms with van der Waals surface area (Å²) in [6.45, 7) is 3.65. The second kappa shape index (κ2) is 6.64. The maximum atomic E-state index is 12.5. The van der Waals surface area contributed by atoms with Crippen LogP contribution < -0.4 is 4.90 Å². The van der Waals surface area contributed by atoms with Gasteiger partial charge in [0.05, 0.1) is 17.1 Å². The van der Waals surface area contributed by atoms with E-state index in [-0.39, 0.29) is 23.5 Å². The number of aromatic nitrogens is 2. The number of sulfone groups is 1. The van der Waals surface area contributed by atoms with E-state index in [9.17, 15) is 13.2 Å². The Morgan fingerprint density at radius 1 is 1.21 bits per heavy atom. The van der Waals surface area contributed by atoms with Crippen molar-refractivity contribution in [3.63, 3.8) is 0 Å². The van der Waals surface area contributed by atoms with Crippen molar-refractivity contribution >= 4 is 21.7 Å². The highest BCUT2D eigenvalue weighted by Gasteiger charge is 2.33. The summed E-state index contributed by atoms with van der Waals surface area (Å²) in [6.07, 6.45) is 3.55. The molecule has 1 aromatic rings. The van der Waals surface area contributed by atoms with E-state index in [1.54, 1.807) is 7.05 Å². The van der Waals surface area contributed by atoms with Gasteiger partial charge in [0.15, 0.2) is 9.84 Å². The van der Waals surface area contributed by atoms with Crippen LogP contribution in [0.2, 0.25) is 0 Å². The molecule has 3 rings (SSSR count). The number of carbonyl (C=O) groups is 1. The van der Waals surface area contributed by atoms with Crippen LogP contribution in [0.15, 0.2) is 12.4 Å². The van der Waals surface area contributed by atoms with Crippen molar-refractivity contribution in [1.29, 1.82) is 0 Å². The molecule has 2 aliphatic rings. The van der Waals surface area contributed by atoms with Crippen molar-refractivity contribution in [2.75, 3.05) is 56.7 Å². The molecule has 0 radical (unpaired) electrons. The molecule has 3 heterocycles. The summed E-state index contributed by atoms with van der Waals surface area (Å²) in [7, 11) is 0.706. The monoisotopic (exact) mass is 353 g/mol. The first-order valence-electron chi connectivity index (χ1n) is 8.09. The molecular weight excluding hydrogens is 330 g/mol. The van der Waals surface area contributed by atoms with Crippen LogP contribution in [-0.4, -0.2) is 91.9 Å². The van der Waals surface area contributed by atoms with Crippen LogP contribution in [0, 0.1) is 0 Å². The van der Waals surface area contributed by atoms with E-state index >= 15 is 0 Å². The molecule has 2 fully saturated rings. The lowest BCUT2D eigenvalue weighted by Crippen LogP contribution is -2.45. The number of carbonyl (C=O) groups excluding carboxylic acids is 1. The van der Waals surface area contributed by atoms with E-state index in [0.29, 0.717) is 17.9 Å². The molecule has 1 aromatic heterocycles. The first-order chi connectivity index (χ1) is 11.4. The first-order valence-corrected chi connectivity index (χ1v) is 9.91. The molecule has 2 saturated heterocycles. The molecule has 0 saturated carbocycles. The standard InChI is InChI=1S/C15H23N5O3S/c1-18-4-6-20(7-5-18)15-16-9-12(10-17-15)14(21)19(2)13-3-8-24(22,23)11-13/h9-10,13H,3-8,11H2,1-2H3. The van der Waals surface area contributed by atoms with Gasteiger partial charge in [-0.25, -0.2) is 18.4 Å². The predicted octanol–water partition coefficient (Wildman–Crippen LogP) is -0.512. The number of piperazine rings is 1. The molecule has 1 atom stereocenters. The average Bonchev–Trinajstić information content (AvgIpc) is 2.94. The molecular formula is C15H23N5O3S. The van der Waals surface area contributed by atoms with E-state index < -0.39 is 9.84 Å². The Labute approximate surface area is 142 Å². The molecule has 132 valence electrons. The molecule has 0 aliphatic carbocycles. The van der Waals surface area contributed by atoms with E-state index in [1.807, 2.05) is 0 Å². The smallest absolute Gasteiger partial charge is 0.257 e. The number of hydrogen-bond acceptors (Lipinski definition) is 7. The largest absolute Gasteiger partial charge is 0.338 e. The minimum atomic E-state index is -3.02. The molecule has 0 spiro atoms. The van der Waals surface area contributed by atoms with Gasteiger partial charge in [0.25, 0.3) is 5.91 Å². The lowest BCUT2D eigenvalue weighted by molar-refractivity contribution is 0.0747. The van der Waals surface area contributed by atoms with Crippen molar-refractivity contribution in [2.24, 2.45) is 0 Å². The van der Waals surface area contributed by atoms with Crippen LogP contribution in [0.3, 0.4) is 0 Å². The summed E-state index contributed by atoms with van der Waals surface area (Å²) in [4.78, 5) is 27.0. The molecule has 1 unspecified atom stereocenters. The topological polar surface area (TPSA) is 86.7 Å². The quantitative estimate of drug-likeness (QED) is 0.723. The van der Waals surface area contributed by atoms with Gasteiger partial charge in [0.1, 0.15) is 0 Å². The van der Waals surface area contributed by atoms with Gasteiger partial charge in [-0.15, -0.1) is 0 Å².